The standard InChI is InChI=1S/C27H46O/c1-19(2)8-6-9-21(4)25-15-16-26-22(10-7-17-27(25,26)5)12-13-23-18-24(28)14-11-20(23)3/h12-13,19-21,24-26,28H,6-11,14-18H2,1-5H3/b22-12+,23-13+/t20-,21-,24+,25-,26+,27-/m1/s1. The Hall–Kier alpha value is -0.560. The number of rotatable bonds is 6. The molecule has 0 radical (unpaired) electrons. The molecule has 0 amide bonds. The van der Waals surface area contributed by atoms with Crippen LogP contribution in [-0.4, -0.2) is 11.2 Å². The van der Waals surface area contributed by atoms with Crippen LogP contribution in [0.4, 0.5) is 0 Å². The number of aliphatic hydroxyl groups excluding tert-OH is 1. The normalized spacial score (nSPS) is 40.2. The molecule has 3 saturated carbocycles. The highest BCUT2D eigenvalue weighted by molar-refractivity contribution is 5.26. The number of hydrogen-bond acceptors (Lipinski definition) is 1. The SMILES string of the molecule is CC(C)CCC[C@@H](C)[C@H]1CC[C@H]2/C(=C/C=C3\C[C@@H](O)CC[C@H]3C)CCC[C@]12C. The molecular weight excluding hydrogens is 340 g/mol. The first kappa shape index (κ1) is 22.1. The van der Waals surface area contributed by atoms with E-state index in [4.69, 9.17) is 0 Å². The zero-order chi connectivity index (χ0) is 20.3. The van der Waals surface area contributed by atoms with Crippen LogP contribution in [0.15, 0.2) is 23.3 Å². The van der Waals surface area contributed by atoms with Gasteiger partial charge in [0.2, 0.25) is 0 Å². The summed E-state index contributed by atoms with van der Waals surface area (Å²) in [6.07, 6.45) is 19.0. The van der Waals surface area contributed by atoms with Crippen molar-refractivity contribution in [3.8, 4) is 0 Å². The summed E-state index contributed by atoms with van der Waals surface area (Å²) < 4.78 is 0. The molecule has 3 rings (SSSR count). The highest BCUT2D eigenvalue weighted by Crippen LogP contribution is 2.59. The Kier molecular flexibility index (Phi) is 7.51. The molecule has 28 heavy (non-hydrogen) atoms. The van der Waals surface area contributed by atoms with E-state index in [1.807, 2.05) is 0 Å². The molecule has 0 aromatic rings. The van der Waals surface area contributed by atoms with E-state index in [-0.39, 0.29) is 6.10 Å². The number of hydrogen-bond donors (Lipinski definition) is 1. The number of aliphatic hydroxyl groups is 1. The summed E-state index contributed by atoms with van der Waals surface area (Å²) in [5.41, 5.74) is 3.73. The van der Waals surface area contributed by atoms with Gasteiger partial charge < -0.3 is 5.11 Å². The summed E-state index contributed by atoms with van der Waals surface area (Å²) in [7, 11) is 0. The minimum absolute atomic E-state index is 0.111. The van der Waals surface area contributed by atoms with Crippen LogP contribution in [0.1, 0.15) is 105 Å². The van der Waals surface area contributed by atoms with Gasteiger partial charge in [0, 0.05) is 0 Å². The van der Waals surface area contributed by atoms with Crippen molar-refractivity contribution in [2.45, 2.75) is 111 Å². The highest BCUT2D eigenvalue weighted by atomic mass is 16.3. The zero-order valence-corrected chi connectivity index (χ0v) is 19.3. The van der Waals surface area contributed by atoms with E-state index < -0.39 is 0 Å². The fraction of sp³-hybridized carbons (Fsp3) is 0.852. The van der Waals surface area contributed by atoms with Crippen LogP contribution in [-0.2, 0) is 0 Å². The summed E-state index contributed by atoms with van der Waals surface area (Å²) in [5, 5.41) is 10.1. The summed E-state index contributed by atoms with van der Waals surface area (Å²) in [6.45, 7) is 12.2. The molecule has 1 N–H and O–H groups in total. The molecule has 1 nitrogen and oxygen atoms in total. The third-order valence-electron chi connectivity index (χ3n) is 8.71. The van der Waals surface area contributed by atoms with E-state index in [1.165, 1.54) is 56.9 Å². The van der Waals surface area contributed by atoms with Gasteiger partial charge >= 0.3 is 0 Å². The second-order valence-electron chi connectivity index (χ2n) is 11.2. The van der Waals surface area contributed by atoms with Crippen LogP contribution >= 0.6 is 0 Å². The van der Waals surface area contributed by atoms with Crippen molar-refractivity contribution >= 4 is 0 Å². The van der Waals surface area contributed by atoms with Gasteiger partial charge in [0.15, 0.2) is 0 Å². The maximum Gasteiger partial charge on any atom is 0.0577 e. The van der Waals surface area contributed by atoms with Crippen LogP contribution in [0.3, 0.4) is 0 Å². The second-order valence-corrected chi connectivity index (χ2v) is 11.2. The van der Waals surface area contributed by atoms with Gasteiger partial charge in [-0.3, -0.25) is 0 Å². The summed E-state index contributed by atoms with van der Waals surface area (Å²) in [5.74, 6) is 4.08. The smallest absolute Gasteiger partial charge is 0.0577 e. The van der Waals surface area contributed by atoms with Gasteiger partial charge in [-0.05, 0) is 86.4 Å². The van der Waals surface area contributed by atoms with Crippen molar-refractivity contribution in [1.82, 2.24) is 0 Å². The van der Waals surface area contributed by atoms with Crippen LogP contribution < -0.4 is 0 Å². The molecule has 0 bridgehead atoms. The summed E-state index contributed by atoms with van der Waals surface area (Å²) in [4.78, 5) is 0. The lowest BCUT2D eigenvalue weighted by molar-refractivity contribution is 0.0928. The molecular formula is C27H46O. The van der Waals surface area contributed by atoms with Crippen molar-refractivity contribution in [3.63, 3.8) is 0 Å². The van der Waals surface area contributed by atoms with Crippen molar-refractivity contribution in [3.05, 3.63) is 23.3 Å². The van der Waals surface area contributed by atoms with E-state index in [1.54, 1.807) is 5.57 Å². The van der Waals surface area contributed by atoms with Crippen LogP contribution in [0, 0.1) is 35.0 Å². The Balaban J connectivity index is 1.69. The van der Waals surface area contributed by atoms with Gasteiger partial charge in [-0.25, -0.2) is 0 Å². The minimum Gasteiger partial charge on any atom is -0.393 e. The summed E-state index contributed by atoms with van der Waals surface area (Å²) in [6, 6.07) is 0. The molecule has 1 heteroatoms. The van der Waals surface area contributed by atoms with Gasteiger partial charge in [0.05, 0.1) is 6.10 Å². The average molecular weight is 387 g/mol. The lowest BCUT2D eigenvalue weighted by atomic mass is 9.60. The van der Waals surface area contributed by atoms with Gasteiger partial charge in [-0.15, -0.1) is 0 Å². The maximum atomic E-state index is 10.1. The van der Waals surface area contributed by atoms with Gasteiger partial charge in [-0.1, -0.05) is 77.2 Å². The first-order valence-corrected chi connectivity index (χ1v) is 12.4. The van der Waals surface area contributed by atoms with Gasteiger partial charge in [0.1, 0.15) is 0 Å². The topological polar surface area (TPSA) is 20.2 Å². The minimum atomic E-state index is -0.111. The fourth-order valence-electron chi connectivity index (χ4n) is 6.91. The monoisotopic (exact) mass is 386 g/mol. The third kappa shape index (κ3) is 4.94. The molecule has 3 aliphatic rings. The van der Waals surface area contributed by atoms with E-state index in [0.717, 1.165) is 42.9 Å². The van der Waals surface area contributed by atoms with Gasteiger partial charge in [-0.2, -0.15) is 0 Å². The average Bonchev–Trinajstić information content (AvgIpc) is 2.99. The molecule has 3 fully saturated rings. The number of allylic oxidation sites excluding steroid dienone is 3. The Morgan fingerprint density at radius 3 is 2.54 bits per heavy atom. The van der Waals surface area contributed by atoms with Crippen molar-refractivity contribution in [2.75, 3.05) is 0 Å². The molecule has 0 spiro atoms. The predicted octanol–water partition coefficient (Wildman–Crippen LogP) is 7.70. The van der Waals surface area contributed by atoms with E-state index in [2.05, 4.69) is 46.8 Å². The van der Waals surface area contributed by atoms with E-state index in [9.17, 15) is 5.11 Å². The Bertz CT molecular complexity index is 571. The van der Waals surface area contributed by atoms with E-state index in [0.29, 0.717) is 11.3 Å². The molecule has 0 aromatic carbocycles. The molecule has 6 atom stereocenters. The quantitative estimate of drug-likeness (QED) is 0.496. The maximum absolute atomic E-state index is 10.1. The van der Waals surface area contributed by atoms with Crippen molar-refractivity contribution in [1.29, 1.82) is 0 Å². The molecule has 0 aromatic heterocycles. The van der Waals surface area contributed by atoms with Crippen molar-refractivity contribution < 1.29 is 5.11 Å². The first-order chi connectivity index (χ1) is 13.3. The molecule has 0 unspecified atom stereocenters. The van der Waals surface area contributed by atoms with Crippen molar-refractivity contribution in [2.24, 2.45) is 35.0 Å². The molecule has 3 aliphatic carbocycles. The highest BCUT2D eigenvalue weighted by Gasteiger charge is 2.50. The summed E-state index contributed by atoms with van der Waals surface area (Å²) >= 11 is 0. The molecule has 0 heterocycles. The first-order valence-electron chi connectivity index (χ1n) is 12.4. The Morgan fingerprint density at radius 2 is 1.79 bits per heavy atom. The Labute approximate surface area is 175 Å². The molecule has 0 saturated heterocycles. The largest absolute Gasteiger partial charge is 0.393 e. The zero-order valence-electron chi connectivity index (χ0n) is 19.3. The second kappa shape index (κ2) is 9.50. The van der Waals surface area contributed by atoms with Crippen LogP contribution in [0.2, 0.25) is 0 Å². The third-order valence-corrected chi connectivity index (χ3v) is 8.71. The molecule has 0 aliphatic heterocycles. The lowest BCUT2D eigenvalue weighted by Crippen LogP contribution is -2.36. The predicted molar refractivity (Wildman–Crippen MR) is 121 cm³/mol. The van der Waals surface area contributed by atoms with Crippen LogP contribution in [0.5, 0.6) is 0 Å². The van der Waals surface area contributed by atoms with Gasteiger partial charge in [0.25, 0.3) is 0 Å². The lowest BCUT2D eigenvalue weighted by Gasteiger charge is -2.44. The van der Waals surface area contributed by atoms with Crippen LogP contribution in [0.25, 0.3) is 0 Å². The Morgan fingerprint density at radius 1 is 1.04 bits per heavy atom. The number of fused-ring (bicyclic) bond motifs is 1. The molecule has 160 valence electrons. The fourth-order valence-corrected chi connectivity index (χ4v) is 6.91. The van der Waals surface area contributed by atoms with E-state index >= 15 is 0 Å².